The third kappa shape index (κ3) is 3.25. The van der Waals surface area contributed by atoms with Gasteiger partial charge in [0.25, 0.3) is 5.56 Å². The molecule has 0 bridgehead atoms. The van der Waals surface area contributed by atoms with Crippen LogP contribution in [0.2, 0.25) is 0 Å². The Morgan fingerprint density at radius 3 is 2.72 bits per heavy atom. The van der Waals surface area contributed by atoms with Crippen LogP contribution in [0.3, 0.4) is 0 Å². The lowest BCUT2D eigenvalue weighted by molar-refractivity contribution is -0.117. The molecule has 4 rings (SSSR count). The summed E-state index contributed by atoms with van der Waals surface area (Å²) in [5.74, 6) is -0.0498. The molecule has 1 saturated heterocycles. The Balaban J connectivity index is 1.59. The molecule has 0 radical (unpaired) electrons. The van der Waals surface area contributed by atoms with Crippen LogP contribution in [-0.2, 0) is 4.79 Å². The lowest BCUT2D eigenvalue weighted by Gasteiger charge is -2.25. The molecular formula is C19H20N4O2. The molecule has 3 heterocycles. The van der Waals surface area contributed by atoms with E-state index >= 15 is 0 Å². The molecule has 2 aromatic heterocycles. The summed E-state index contributed by atoms with van der Waals surface area (Å²) in [5.41, 5.74) is 1.80. The minimum absolute atomic E-state index is 0.0498. The molecule has 1 aliphatic heterocycles. The molecule has 6 heteroatoms. The van der Waals surface area contributed by atoms with Crippen LogP contribution in [0.5, 0.6) is 0 Å². The standard InChI is InChI=1S/C19H20N4O2/c24-17(12-23-8-4-1-5-9-23)21-13-10-16-18(20-11-13)14-6-2-3-7-15(14)19(25)22-16/h2-3,6-7,10-11H,1,4-5,8-9,12H2,(H,21,24)(H,22,25). The van der Waals surface area contributed by atoms with Crippen LogP contribution >= 0.6 is 0 Å². The van der Waals surface area contributed by atoms with E-state index in [9.17, 15) is 9.59 Å². The zero-order chi connectivity index (χ0) is 17.2. The number of amides is 1. The molecule has 1 fully saturated rings. The Morgan fingerprint density at radius 2 is 1.92 bits per heavy atom. The summed E-state index contributed by atoms with van der Waals surface area (Å²) in [6, 6.07) is 9.15. The lowest BCUT2D eigenvalue weighted by atomic mass is 10.1. The van der Waals surface area contributed by atoms with Crippen LogP contribution in [0.4, 0.5) is 5.69 Å². The van der Waals surface area contributed by atoms with E-state index in [1.807, 2.05) is 18.2 Å². The van der Waals surface area contributed by atoms with Crippen molar-refractivity contribution in [3.8, 4) is 0 Å². The summed E-state index contributed by atoms with van der Waals surface area (Å²) in [5, 5.41) is 4.31. The normalized spacial score (nSPS) is 15.5. The number of benzene rings is 1. The van der Waals surface area contributed by atoms with Crippen molar-refractivity contribution in [1.29, 1.82) is 0 Å². The lowest BCUT2D eigenvalue weighted by Crippen LogP contribution is -2.36. The Labute approximate surface area is 144 Å². The van der Waals surface area contributed by atoms with Gasteiger partial charge in [0.1, 0.15) is 0 Å². The molecule has 0 unspecified atom stereocenters. The van der Waals surface area contributed by atoms with E-state index in [0.29, 0.717) is 23.1 Å². The van der Waals surface area contributed by atoms with Gasteiger partial charge in [-0.15, -0.1) is 0 Å². The number of fused-ring (bicyclic) bond motifs is 3. The number of aromatic amines is 1. The first-order chi connectivity index (χ1) is 12.2. The summed E-state index contributed by atoms with van der Waals surface area (Å²) >= 11 is 0. The van der Waals surface area contributed by atoms with Gasteiger partial charge in [-0.1, -0.05) is 24.6 Å². The second-order valence-corrected chi connectivity index (χ2v) is 6.50. The summed E-state index contributed by atoms with van der Waals surface area (Å²) in [6.07, 6.45) is 5.19. The molecule has 1 aromatic carbocycles. The van der Waals surface area contributed by atoms with Crippen LogP contribution in [0, 0.1) is 0 Å². The van der Waals surface area contributed by atoms with Crippen molar-refractivity contribution in [3.63, 3.8) is 0 Å². The minimum Gasteiger partial charge on any atom is -0.324 e. The van der Waals surface area contributed by atoms with E-state index in [1.54, 1.807) is 18.3 Å². The second kappa shape index (κ2) is 6.64. The highest BCUT2D eigenvalue weighted by molar-refractivity contribution is 6.04. The highest BCUT2D eigenvalue weighted by Crippen LogP contribution is 2.21. The number of hydrogen-bond acceptors (Lipinski definition) is 4. The number of carbonyl (C=O) groups is 1. The first-order valence-corrected chi connectivity index (χ1v) is 8.64. The van der Waals surface area contributed by atoms with Gasteiger partial charge in [0, 0.05) is 10.8 Å². The molecule has 0 saturated carbocycles. The Bertz CT molecular complexity index is 990. The second-order valence-electron chi connectivity index (χ2n) is 6.50. The van der Waals surface area contributed by atoms with Gasteiger partial charge in [-0.3, -0.25) is 19.5 Å². The van der Waals surface area contributed by atoms with Gasteiger partial charge in [0.15, 0.2) is 0 Å². The monoisotopic (exact) mass is 336 g/mol. The van der Waals surface area contributed by atoms with Crippen molar-refractivity contribution in [3.05, 3.63) is 46.9 Å². The summed E-state index contributed by atoms with van der Waals surface area (Å²) in [7, 11) is 0. The molecule has 1 amide bonds. The van der Waals surface area contributed by atoms with Gasteiger partial charge in [0.05, 0.1) is 29.5 Å². The summed E-state index contributed by atoms with van der Waals surface area (Å²) in [4.78, 5) is 33.9. The Hall–Kier alpha value is -2.73. The summed E-state index contributed by atoms with van der Waals surface area (Å²) in [6.45, 7) is 2.34. The predicted octanol–water partition coefficient (Wildman–Crippen LogP) is 2.50. The zero-order valence-corrected chi connectivity index (χ0v) is 13.9. The number of anilines is 1. The maximum atomic E-state index is 12.2. The van der Waals surface area contributed by atoms with Crippen molar-refractivity contribution in [2.24, 2.45) is 0 Å². The number of nitrogens with zero attached hydrogens (tertiary/aromatic N) is 2. The van der Waals surface area contributed by atoms with Crippen molar-refractivity contribution < 1.29 is 4.79 Å². The number of carbonyl (C=O) groups excluding carboxylic acids is 1. The average Bonchev–Trinajstić information content (AvgIpc) is 2.62. The fourth-order valence-electron chi connectivity index (χ4n) is 3.44. The molecule has 3 aromatic rings. The van der Waals surface area contributed by atoms with E-state index in [0.717, 1.165) is 36.8 Å². The number of H-pyrrole nitrogens is 1. The smallest absolute Gasteiger partial charge is 0.256 e. The van der Waals surface area contributed by atoms with Crippen LogP contribution in [0.15, 0.2) is 41.3 Å². The molecule has 0 aliphatic carbocycles. The summed E-state index contributed by atoms with van der Waals surface area (Å²) < 4.78 is 0. The first kappa shape index (κ1) is 15.8. The number of piperidine rings is 1. The highest BCUT2D eigenvalue weighted by atomic mass is 16.2. The maximum absolute atomic E-state index is 12.2. The number of aromatic nitrogens is 2. The van der Waals surface area contributed by atoms with Gasteiger partial charge in [-0.05, 0) is 38.1 Å². The predicted molar refractivity (Wildman–Crippen MR) is 98.8 cm³/mol. The van der Waals surface area contributed by atoms with Gasteiger partial charge < -0.3 is 10.3 Å². The Kier molecular flexibility index (Phi) is 4.19. The van der Waals surface area contributed by atoms with Gasteiger partial charge >= 0.3 is 0 Å². The van der Waals surface area contributed by atoms with Crippen molar-refractivity contribution >= 4 is 33.4 Å². The molecule has 1 aliphatic rings. The number of likely N-dealkylation sites (tertiary alicyclic amines) is 1. The minimum atomic E-state index is -0.151. The number of hydrogen-bond donors (Lipinski definition) is 2. The average molecular weight is 336 g/mol. The molecule has 0 spiro atoms. The van der Waals surface area contributed by atoms with Gasteiger partial charge in [-0.2, -0.15) is 0 Å². The zero-order valence-electron chi connectivity index (χ0n) is 13.9. The molecular weight excluding hydrogens is 316 g/mol. The van der Waals surface area contributed by atoms with E-state index in [-0.39, 0.29) is 11.5 Å². The Morgan fingerprint density at radius 1 is 1.16 bits per heavy atom. The van der Waals surface area contributed by atoms with Crippen molar-refractivity contribution in [2.45, 2.75) is 19.3 Å². The third-order valence-corrected chi connectivity index (χ3v) is 4.66. The molecule has 25 heavy (non-hydrogen) atoms. The quantitative estimate of drug-likeness (QED) is 0.721. The highest BCUT2D eigenvalue weighted by Gasteiger charge is 2.14. The molecule has 2 N–H and O–H groups in total. The number of rotatable bonds is 3. The molecule has 0 atom stereocenters. The van der Waals surface area contributed by atoms with Crippen LogP contribution in [0.25, 0.3) is 21.8 Å². The van der Waals surface area contributed by atoms with Crippen LogP contribution in [0.1, 0.15) is 19.3 Å². The molecule has 6 nitrogen and oxygen atoms in total. The van der Waals surface area contributed by atoms with Crippen molar-refractivity contribution in [2.75, 3.05) is 25.0 Å². The first-order valence-electron chi connectivity index (χ1n) is 8.64. The van der Waals surface area contributed by atoms with Crippen molar-refractivity contribution in [1.82, 2.24) is 14.9 Å². The van der Waals surface area contributed by atoms with Crippen LogP contribution in [-0.4, -0.2) is 40.4 Å². The SMILES string of the molecule is O=C(CN1CCCCC1)Nc1cnc2c(c1)[nH]c(=O)c1ccccc12. The van der Waals surface area contributed by atoms with Gasteiger partial charge in [-0.25, -0.2) is 0 Å². The fraction of sp³-hybridized carbons (Fsp3) is 0.316. The number of nitrogens with one attached hydrogen (secondary N) is 2. The molecule has 128 valence electrons. The third-order valence-electron chi connectivity index (χ3n) is 4.66. The number of pyridine rings is 2. The largest absolute Gasteiger partial charge is 0.324 e. The maximum Gasteiger partial charge on any atom is 0.256 e. The van der Waals surface area contributed by atoms with Gasteiger partial charge in [0.2, 0.25) is 5.91 Å². The van der Waals surface area contributed by atoms with E-state index in [2.05, 4.69) is 20.2 Å². The van der Waals surface area contributed by atoms with E-state index < -0.39 is 0 Å². The fourth-order valence-corrected chi connectivity index (χ4v) is 3.44. The topological polar surface area (TPSA) is 78.1 Å². The van der Waals surface area contributed by atoms with E-state index in [1.165, 1.54) is 6.42 Å². The van der Waals surface area contributed by atoms with E-state index in [4.69, 9.17) is 0 Å². The van der Waals surface area contributed by atoms with Crippen LogP contribution < -0.4 is 10.9 Å².